The lowest BCUT2D eigenvalue weighted by atomic mass is 10.1. The van der Waals surface area contributed by atoms with Crippen LogP contribution in [-0.2, 0) is 0 Å². The molecule has 0 saturated heterocycles. The Kier molecular flexibility index (Phi) is 5.96. The lowest BCUT2D eigenvalue weighted by molar-refractivity contribution is 0.0735. The molecule has 0 fully saturated rings. The van der Waals surface area contributed by atoms with Crippen LogP contribution in [0.2, 0.25) is 0 Å². The number of hydrogen-bond acceptors (Lipinski definition) is 6. The van der Waals surface area contributed by atoms with Crippen molar-refractivity contribution in [3.05, 3.63) is 101 Å². The molecule has 30 heavy (non-hydrogen) atoms. The third kappa shape index (κ3) is 4.98. The Bertz CT molecular complexity index is 1150. The summed E-state index contributed by atoms with van der Waals surface area (Å²) in [5.41, 5.74) is 7.56. The van der Waals surface area contributed by atoms with E-state index in [1.165, 1.54) is 16.9 Å². The molecule has 0 aliphatic rings. The van der Waals surface area contributed by atoms with Gasteiger partial charge in [0.05, 0.1) is 17.5 Å². The predicted molar refractivity (Wildman–Crippen MR) is 121 cm³/mol. The highest BCUT2D eigenvalue weighted by atomic mass is 32.1. The zero-order valence-electron chi connectivity index (χ0n) is 16.3. The van der Waals surface area contributed by atoms with E-state index in [1.807, 2.05) is 23.6 Å². The molecule has 6 heteroatoms. The molecular weight excluding hydrogens is 394 g/mol. The quantitative estimate of drug-likeness (QED) is 0.188. The minimum absolute atomic E-state index is 0.383. The number of hydrazone groups is 1. The fourth-order valence-corrected chi connectivity index (χ4v) is 3.37. The van der Waals surface area contributed by atoms with Crippen molar-refractivity contribution in [3.8, 4) is 17.0 Å². The highest BCUT2D eigenvalue weighted by Gasteiger charge is 2.07. The maximum Gasteiger partial charge on any atom is 0.343 e. The number of nitrogens with one attached hydrogen (secondary N) is 1. The lowest BCUT2D eigenvalue weighted by Crippen LogP contribution is -2.08. The summed E-state index contributed by atoms with van der Waals surface area (Å²) in [5.74, 6) is 0.100. The van der Waals surface area contributed by atoms with Gasteiger partial charge < -0.3 is 4.74 Å². The fraction of sp³-hybridized carbons (Fsp3) is 0.0417. The molecule has 0 amide bonds. The lowest BCUT2D eigenvalue weighted by Gasteiger charge is -2.04. The Morgan fingerprint density at radius 3 is 2.47 bits per heavy atom. The Labute approximate surface area is 178 Å². The standard InChI is InChI=1S/C24H19N3O2S/c1-17-7-11-19(12-8-17)22-16-30-24(26-22)27-25-15-18-9-13-21(14-10-18)29-23(28)20-5-3-2-4-6-20/h2-16H,1H3,(H,26,27)/b25-15-. The number of aromatic nitrogens is 1. The van der Waals surface area contributed by atoms with Crippen LogP contribution in [-0.4, -0.2) is 17.2 Å². The van der Waals surface area contributed by atoms with E-state index in [0.29, 0.717) is 11.3 Å². The minimum atomic E-state index is -0.383. The summed E-state index contributed by atoms with van der Waals surface area (Å²) in [6, 6.07) is 24.3. The molecule has 0 spiro atoms. The molecule has 0 aliphatic carbocycles. The van der Waals surface area contributed by atoms with E-state index in [4.69, 9.17) is 4.74 Å². The molecule has 148 valence electrons. The maximum atomic E-state index is 12.1. The van der Waals surface area contributed by atoms with Crippen LogP contribution >= 0.6 is 11.3 Å². The molecule has 4 aromatic rings. The molecule has 1 N–H and O–H groups in total. The number of aryl methyl sites for hydroxylation is 1. The summed E-state index contributed by atoms with van der Waals surface area (Å²) in [7, 11) is 0. The molecule has 0 bridgehead atoms. The number of carbonyl (C=O) groups is 1. The molecule has 4 rings (SSSR count). The molecule has 0 saturated carbocycles. The van der Waals surface area contributed by atoms with Crippen LogP contribution in [0.5, 0.6) is 5.75 Å². The van der Waals surface area contributed by atoms with Crippen molar-refractivity contribution >= 4 is 28.7 Å². The van der Waals surface area contributed by atoms with Crippen molar-refractivity contribution in [2.24, 2.45) is 5.10 Å². The monoisotopic (exact) mass is 413 g/mol. The van der Waals surface area contributed by atoms with E-state index in [0.717, 1.165) is 22.0 Å². The van der Waals surface area contributed by atoms with Gasteiger partial charge in [0, 0.05) is 10.9 Å². The van der Waals surface area contributed by atoms with Gasteiger partial charge in [0.2, 0.25) is 5.13 Å². The second-order valence-electron chi connectivity index (χ2n) is 6.60. The summed E-state index contributed by atoms with van der Waals surface area (Å²) in [6.07, 6.45) is 1.69. The molecule has 3 aromatic carbocycles. The maximum absolute atomic E-state index is 12.1. The summed E-state index contributed by atoms with van der Waals surface area (Å²) in [5, 5.41) is 6.95. The summed E-state index contributed by atoms with van der Waals surface area (Å²) in [4.78, 5) is 16.6. The van der Waals surface area contributed by atoms with E-state index in [1.54, 1.807) is 42.6 Å². The van der Waals surface area contributed by atoms with Crippen molar-refractivity contribution in [3.63, 3.8) is 0 Å². The van der Waals surface area contributed by atoms with Crippen LogP contribution in [0.1, 0.15) is 21.5 Å². The first-order chi connectivity index (χ1) is 14.7. The number of nitrogens with zero attached hydrogens (tertiary/aromatic N) is 2. The van der Waals surface area contributed by atoms with Crippen LogP contribution in [0.15, 0.2) is 89.3 Å². The third-order valence-corrected chi connectivity index (χ3v) is 5.07. The Balaban J connectivity index is 1.33. The second-order valence-corrected chi connectivity index (χ2v) is 7.46. The first-order valence-corrected chi connectivity index (χ1v) is 10.2. The van der Waals surface area contributed by atoms with Gasteiger partial charge >= 0.3 is 5.97 Å². The van der Waals surface area contributed by atoms with Crippen molar-refractivity contribution < 1.29 is 9.53 Å². The molecular formula is C24H19N3O2S. The first-order valence-electron chi connectivity index (χ1n) is 9.36. The number of thiazole rings is 1. The van der Waals surface area contributed by atoms with Crippen molar-refractivity contribution in [2.45, 2.75) is 6.92 Å². The number of rotatable bonds is 6. The smallest absolute Gasteiger partial charge is 0.343 e. The van der Waals surface area contributed by atoms with Gasteiger partial charge in [-0.3, -0.25) is 5.43 Å². The third-order valence-electron chi connectivity index (χ3n) is 4.33. The summed E-state index contributed by atoms with van der Waals surface area (Å²) >= 11 is 1.50. The zero-order chi connectivity index (χ0) is 20.8. The molecule has 5 nitrogen and oxygen atoms in total. The zero-order valence-corrected chi connectivity index (χ0v) is 17.1. The first kappa shape index (κ1) is 19.5. The summed E-state index contributed by atoms with van der Waals surface area (Å²) < 4.78 is 5.37. The molecule has 0 aliphatic heterocycles. The summed E-state index contributed by atoms with van der Waals surface area (Å²) in [6.45, 7) is 2.06. The number of ether oxygens (including phenoxy) is 1. The van der Waals surface area contributed by atoms with Gasteiger partial charge in [-0.15, -0.1) is 11.3 Å². The molecule has 0 atom stereocenters. The average molecular weight is 414 g/mol. The largest absolute Gasteiger partial charge is 0.423 e. The van der Waals surface area contributed by atoms with E-state index < -0.39 is 0 Å². The van der Waals surface area contributed by atoms with Gasteiger partial charge in [-0.2, -0.15) is 5.10 Å². The highest BCUT2D eigenvalue weighted by molar-refractivity contribution is 7.14. The normalized spacial score (nSPS) is 10.8. The van der Waals surface area contributed by atoms with Gasteiger partial charge in [0.25, 0.3) is 0 Å². The van der Waals surface area contributed by atoms with Gasteiger partial charge in [0.1, 0.15) is 5.75 Å². The van der Waals surface area contributed by atoms with E-state index in [2.05, 4.69) is 46.7 Å². The van der Waals surface area contributed by atoms with E-state index in [-0.39, 0.29) is 5.97 Å². The molecule has 0 radical (unpaired) electrons. The van der Waals surface area contributed by atoms with Crippen LogP contribution in [0.4, 0.5) is 5.13 Å². The number of carbonyl (C=O) groups excluding carboxylic acids is 1. The molecule has 0 unspecified atom stereocenters. The highest BCUT2D eigenvalue weighted by Crippen LogP contribution is 2.25. The van der Waals surface area contributed by atoms with Crippen LogP contribution < -0.4 is 10.2 Å². The van der Waals surface area contributed by atoms with Crippen molar-refractivity contribution in [1.82, 2.24) is 4.98 Å². The number of benzene rings is 3. The predicted octanol–water partition coefficient (Wildman–Crippen LogP) is 5.78. The van der Waals surface area contributed by atoms with E-state index >= 15 is 0 Å². The Morgan fingerprint density at radius 2 is 1.73 bits per heavy atom. The Morgan fingerprint density at radius 1 is 1.00 bits per heavy atom. The SMILES string of the molecule is Cc1ccc(-c2csc(N/N=C\c3ccc(OC(=O)c4ccccc4)cc3)n2)cc1. The van der Waals surface area contributed by atoms with Crippen LogP contribution in [0.3, 0.4) is 0 Å². The minimum Gasteiger partial charge on any atom is -0.423 e. The van der Waals surface area contributed by atoms with E-state index in [9.17, 15) is 4.79 Å². The number of hydrogen-bond donors (Lipinski definition) is 1. The topological polar surface area (TPSA) is 63.6 Å². The molecule has 1 heterocycles. The van der Waals surface area contributed by atoms with Crippen molar-refractivity contribution in [1.29, 1.82) is 0 Å². The molecule has 1 aromatic heterocycles. The van der Waals surface area contributed by atoms with Crippen LogP contribution in [0, 0.1) is 6.92 Å². The number of esters is 1. The van der Waals surface area contributed by atoms with Gasteiger partial charge in [-0.05, 0) is 48.9 Å². The van der Waals surface area contributed by atoms with Gasteiger partial charge in [-0.1, -0.05) is 48.0 Å². The Hall–Kier alpha value is -3.77. The second kappa shape index (κ2) is 9.15. The average Bonchev–Trinajstić information content (AvgIpc) is 3.25. The van der Waals surface area contributed by atoms with Crippen molar-refractivity contribution in [2.75, 3.05) is 5.43 Å². The van der Waals surface area contributed by atoms with Gasteiger partial charge in [0.15, 0.2) is 0 Å². The fourth-order valence-electron chi connectivity index (χ4n) is 2.71. The van der Waals surface area contributed by atoms with Gasteiger partial charge in [-0.25, -0.2) is 9.78 Å². The number of anilines is 1. The van der Waals surface area contributed by atoms with Crippen LogP contribution in [0.25, 0.3) is 11.3 Å².